The molecule has 2 heterocycles. The van der Waals surface area contributed by atoms with Gasteiger partial charge in [-0.1, -0.05) is 19.9 Å². The molecule has 0 saturated heterocycles. The molecule has 1 aromatic heterocycles. The highest BCUT2D eigenvalue weighted by Gasteiger charge is 2.34. The third-order valence-corrected chi connectivity index (χ3v) is 5.45. The summed E-state index contributed by atoms with van der Waals surface area (Å²) in [5, 5.41) is 10.6. The van der Waals surface area contributed by atoms with E-state index in [1.165, 1.54) is 41.4 Å². The fourth-order valence-corrected chi connectivity index (χ4v) is 4.33. The fourth-order valence-electron chi connectivity index (χ4n) is 4.33. The molecule has 0 bridgehead atoms. The fraction of sp³-hybridized carbons (Fsp3) is 0.526. The topological polar surface area (TPSA) is 32.0 Å². The van der Waals surface area contributed by atoms with Gasteiger partial charge in [0.1, 0.15) is 0 Å². The van der Waals surface area contributed by atoms with Crippen LogP contribution in [0.5, 0.6) is 0 Å². The molecule has 0 amide bonds. The summed E-state index contributed by atoms with van der Waals surface area (Å²) in [5.41, 5.74) is 5.89. The van der Waals surface area contributed by atoms with Crippen LogP contribution < -0.4 is 0 Å². The third-order valence-electron chi connectivity index (χ3n) is 5.45. The van der Waals surface area contributed by atoms with Gasteiger partial charge in [-0.3, -0.25) is 4.90 Å². The molecule has 22 heavy (non-hydrogen) atoms. The molecule has 0 fully saturated rings. The predicted molar refractivity (Wildman–Crippen MR) is 88.9 cm³/mol. The standard InChI is InChI=1S/C19H23N3/c1-13(2)14-6-7-17-16(12-14)15-4-3-5-18-19(15)22(17)11-10-21(18)9-8-20/h6-7,12-13,18H,3-5,9-11H2,1-2H3/t18-/m0/s1. The van der Waals surface area contributed by atoms with Gasteiger partial charge in [-0.25, -0.2) is 0 Å². The molecule has 1 aliphatic carbocycles. The first-order valence-corrected chi connectivity index (χ1v) is 8.46. The molecular formula is C19H23N3. The summed E-state index contributed by atoms with van der Waals surface area (Å²) < 4.78 is 2.53. The quantitative estimate of drug-likeness (QED) is 0.784. The van der Waals surface area contributed by atoms with Gasteiger partial charge in [0.15, 0.2) is 0 Å². The van der Waals surface area contributed by atoms with Crippen LogP contribution in [-0.4, -0.2) is 22.6 Å². The molecule has 3 nitrogen and oxygen atoms in total. The highest BCUT2D eigenvalue weighted by molar-refractivity contribution is 5.87. The minimum atomic E-state index is 0.451. The Balaban J connectivity index is 1.92. The van der Waals surface area contributed by atoms with Crippen molar-refractivity contribution in [3.63, 3.8) is 0 Å². The van der Waals surface area contributed by atoms with Crippen molar-refractivity contribution in [3.8, 4) is 6.07 Å². The molecule has 3 heteroatoms. The molecule has 2 aliphatic rings. The number of fused-ring (bicyclic) bond motifs is 3. The summed E-state index contributed by atoms with van der Waals surface area (Å²) in [6.07, 6.45) is 3.63. The van der Waals surface area contributed by atoms with Crippen molar-refractivity contribution in [1.82, 2.24) is 9.47 Å². The Morgan fingerprint density at radius 3 is 2.95 bits per heavy atom. The lowest BCUT2D eigenvalue weighted by molar-refractivity contribution is 0.160. The largest absolute Gasteiger partial charge is 0.342 e. The first kappa shape index (κ1) is 13.8. The summed E-state index contributed by atoms with van der Waals surface area (Å²) in [4.78, 5) is 2.38. The molecule has 0 saturated carbocycles. The maximum Gasteiger partial charge on any atom is 0.0872 e. The van der Waals surface area contributed by atoms with E-state index in [-0.39, 0.29) is 0 Å². The van der Waals surface area contributed by atoms with Crippen molar-refractivity contribution in [2.24, 2.45) is 0 Å². The van der Waals surface area contributed by atoms with E-state index in [9.17, 15) is 0 Å². The summed E-state index contributed by atoms with van der Waals surface area (Å²) in [6.45, 7) is 7.11. The Hall–Kier alpha value is -1.79. The molecule has 0 N–H and O–H groups in total. The van der Waals surface area contributed by atoms with Gasteiger partial charge < -0.3 is 4.57 Å². The van der Waals surface area contributed by atoms with E-state index >= 15 is 0 Å². The van der Waals surface area contributed by atoms with Crippen LogP contribution in [0.4, 0.5) is 0 Å². The number of nitriles is 1. The van der Waals surface area contributed by atoms with Gasteiger partial charge in [0, 0.05) is 29.7 Å². The number of aromatic nitrogens is 1. The third kappa shape index (κ3) is 1.90. The highest BCUT2D eigenvalue weighted by Crippen LogP contribution is 2.42. The van der Waals surface area contributed by atoms with Crippen LogP contribution in [-0.2, 0) is 13.0 Å². The Bertz CT molecular complexity index is 763. The average Bonchev–Trinajstić information content (AvgIpc) is 2.85. The van der Waals surface area contributed by atoms with Gasteiger partial charge in [0.2, 0.25) is 0 Å². The second-order valence-corrected chi connectivity index (χ2v) is 6.98. The number of aryl methyl sites for hydroxylation is 1. The Kier molecular flexibility index (Phi) is 3.23. The monoisotopic (exact) mass is 293 g/mol. The molecule has 114 valence electrons. The molecule has 1 aliphatic heterocycles. The zero-order valence-electron chi connectivity index (χ0n) is 13.5. The lowest BCUT2D eigenvalue weighted by Gasteiger charge is -2.38. The van der Waals surface area contributed by atoms with Gasteiger partial charge in [0.05, 0.1) is 18.7 Å². The van der Waals surface area contributed by atoms with Crippen LogP contribution in [0, 0.1) is 11.3 Å². The van der Waals surface area contributed by atoms with E-state index in [4.69, 9.17) is 5.26 Å². The summed E-state index contributed by atoms with van der Waals surface area (Å²) >= 11 is 0. The molecule has 1 atom stereocenters. The molecular weight excluding hydrogens is 270 g/mol. The van der Waals surface area contributed by atoms with Crippen molar-refractivity contribution in [3.05, 3.63) is 35.0 Å². The van der Waals surface area contributed by atoms with Crippen LogP contribution in [0.2, 0.25) is 0 Å². The normalized spacial score (nSPS) is 21.1. The van der Waals surface area contributed by atoms with E-state index < -0.39 is 0 Å². The van der Waals surface area contributed by atoms with Gasteiger partial charge in [-0.2, -0.15) is 5.26 Å². The van der Waals surface area contributed by atoms with E-state index in [1.54, 1.807) is 5.56 Å². The van der Waals surface area contributed by atoms with E-state index in [0.717, 1.165) is 13.1 Å². The number of rotatable bonds is 2. The zero-order chi connectivity index (χ0) is 15.3. The number of nitrogens with zero attached hydrogens (tertiary/aromatic N) is 3. The first-order chi connectivity index (χ1) is 10.7. The number of hydrogen-bond donors (Lipinski definition) is 0. The van der Waals surface area contributed by atoms with Crippen molar-refractivity contribution >= 4 is 10.9 Å². The summed E-state index contributed by atoms with van der Waals surface area (Å²) in [7, 11) is 0. The van der Waals surface area contributed by atoms with Crippen molar-refractivity contribution in [2.45, 2.75) is 51.6 Å². The number of benzene rings is 1. The van der Waals surface area contributed by atoms with Crippen molar-refractivity contribution in [2.75, 3.05) is 13.1 Å². The van der Waals surface area contributed by atoms with Gasteiger partial charge in [0.25, 0.3) is 0 Å². The average molecular weight is 293 g/mol. The van der Waals surface area contributed by atoms with Gasteiger partial charge in [-0.05, 0) is 48.4 Å². The van der Waals surface area contributed by atoms with Crippen LogP contribution in [0.25, 0.3) is 10.9 Å². The second kappa shape index (κ2) is 5.14. The van der Waals surface area contributed by atoms with Crippen LogP contribution >= 0.6 is 0 Å². The van der Waals surface area contributed by atoms with Gasteiger partial charge in [-0.15, -0.1) is 0 Å². The van der Waals surface area contributed by atoms with Crippen LogP contribution in [0.15, 0.2) is 18.2 Å². The summed E-state index contributed by atoms with van der Waals surface area (Å²) in [6, 6.07) is 9.83. The lowest BCUT2D eigenvalue weighted by Crippen LogP contribution is -2.39. The molecule has 0 spiro atoms. The minimum absolute atomic E-state index is 0.451. The minimum Gasteiger partial charge on any atom is -0.342 e. The molecule has 2 aromatic rings. The lowest BCUT2D eigenvalue weighted by atomic mass is 9.89. The SMILES string of the molecule is CC(C)c1ccc2c(c1)c1c3n2CCN(CC#N)[C@H]3CCC1. The molecule has 0 unspecified atom stereocenters. The molecule has 1 aromatic carbocycles. The van der Waals surface area contributed by atoms with Crippen LogP contribution in [0.3, 0.4) is 0 Å². The Morgan fingerprint density at radius 2 is 2.18 bits per heavy atom. The van der Waals surface area contributed by atoms with Crippen LogP contribution in [0.1, 0.15) is 55.5 Å². The first-order valence-electron chi connectivity index (χ1n) is 8.46. The van der Waals surface area contributed by atoms with E-state index in [2.05, 4.69) is 47.6 Å². The van der Waals surface area contributed by atoms with E-state index in [0.29, 0.717) is 18.5 Å². The summed E-state index contributed by atoms with van der Waals surface area (Å²) in [5.74, 6) is 0.572. The molecule has 4 rings (SSSR count). The number of hydrogen-bond acceptors (Lipinski definition) is 2. The molecule has 0 radical (unpaired) electrons. The predicted octanol–water partition coefficient (Wildman–Crippen LogP) is 3.98. The highest BCUT2D eigenvalue weighted by atomic mass is 15.2. The Labute approximate surface area is 132 Å². The maximum absolute atomic E-state index is 9.11. The van der Waals surface area contributed by atoms with Crippen molar-refractivity contribution < 1.29 is 0 Å². The van der Waals surface area contributed by atoms with Gasteiger partial charge >= 0.3 is 0 Å². The smallest absolute Gasteiger partial charge is 0.0872 e. The Morgan fingerprint density at radius 1 is 1.32 bits per heavy atom. The second-order valence-electron chi connectivity index (χ2n) is 6.98. The zero-order valence-corrected chi connectivity index (χ0v) is 13.5. The van der Waals surface area contributed by atoms with Crippen molar-refractivity contribution in [1.29, 1.82) is 5.26 Å². The van der Waals surface area contributed by atoms with E-state index in [1.807, 2.05) is 0 Å². The maximum atomic E-state index is 9.11.